The Hall–Kier alpha value is -0.810. The highest BCUT2D eigenvalue weighted by Gasteiger charge is 2.46. The van der Waals surface area contributed by atoms with Gasteiger partial charge in [0.25, 0.3) is 0 Å². The van der Waals surface area contributed by atoms with Crippen molar-refractivity contribution < 1.29 is 17.6 Å². The Balaban J connectivity index is 2.14. The molecule has 112 valence electrons. The summed E-state index contributed by atoms with van der Waals surface area (Å²) in [5.41, 5.74) is 5.40. The van der Waals surface area contributed by atoms with Gasteiger partial charge in [0.2, 0.25) is 0 Å². The van der Waals surface area contributed by atoms with Gasteiger partial charge in [-0.2, -0.15) is 13.2 Å². The highest BCUT2D eigenvalue weighted by molar-refractivity contribution is 6.30. The third-order valence-electron chi connectivity index (χ3n) is 3.90. The molecule has 0 aromatic heterocycles. The molecule has 0 saturated heterocycles. The Morgan fingerprint density at radius 2 is 2.05 bits per heavy atom. The van der Waals surface area contributed by atoms with Gasteiger partial charge in [0.1, 0.15) is 5.82 Å². The van der Waals surface area contributed by atoms with Crippen LogP contribution in [0.1, 0.15) is 31.2 Å². The molecule has 0 heterocycles. The molecule has 20 heavy (non-hydrogen) atoms. The van der Waals surface area contributed by atoms with Gasteiger partial charge in [-0.3, -0.25) is 0 Å². The predicted octanol–water partition coefficient (Wildman–Crippen LogP) is 4.47. The number of rotatable bonds is 2. The average Bonchev–Trinajstić information content (AvgIpc) is 2.32. The van der Waals surface area contributed by atoms with Crippen molar-refractivity contribution in [3.63, 3.8) is 0 Å². The van der Waals surface area contributed by atoms with E-state index in [0.29, 0.717) is 18.4 Å². The van der Waals surface area contributed by atoms with Crippen LogP contribution in [0.3, 0.4) is 0 Å². The Labute approximate surface area is 120 Å². The summed E-state index contributed by atoms with van der Waals surface area (Å²) >= 11 is 5.66. The Morgan fingerprint density at radius 1 is 1.35 bits per heavy atom. The van der Waals surface area contributed by atoms with Crippen LogP contribution in [0.15, 0.2) is 18.2 Å². The maximum absolute atomic E-state index is 13.7. The van der Waals surface area contributed by atoms with Crippen LogP contribution in [-0.2, 0) is 6.42 Å². The fraction of sp³-hybridized carbons (Fsp3) is 0.571. The zero-order valence-electron chi connectivity index (χ0n) is 10.8. The summed E-state index contributed by atoms with van der Waals surface area (Å²) in [6.45, 7) is 0. The van der Waals surface area contributed by atoms with E-state index in [1.54, 1.807) is 0 Å². The third kappa shape index (κ3) is 3.64. The minimum absolute atomic E-state index is 0.0998. The van der Waals surface area contributed by atoms with Crippen LogP contribution in [0, 0.1) is 11.7 Å². The molecule has 1 aliphatic rings. The van der Waals surface area contributed by atoms with Crippen molar-refractivity contribution in [3.8, 4) is 0 Å². The van der Waals surface area contributed by atoms with Gasteiger partial charge >= 0.3 is 6.18 Å². The molecule has 1 fully saturated rings. The van der Waals surface area contributed by atoms with Crippen molar-refractivity contribution in [2.75, 3.05) is 0 Å². The highest BCUT2D eigenvalue weighted by atomic mass is 35.5. The molecule has 1 aliphatic carbocycles. The van der Waals surface area contributed by atoms with Crippen LogP contribution in [0.5, 0.6) is 0 Å². The molecule has 1 nitrogen and oxygen atoms in total. The smallest absolute Gasteiger partial charge is 0.325 e. The Bertz CT molecular complexity index is 489. The first-order chi connectivity index (χ1) is 9.20. The first-order valence-electron chi connectivity index (χ1n) is 6.49. The molecule has 6 heteroatoms. The lowest BCUT2D eigenvalue weighted by atomic mass is 9.73. The van der Waals surface area contributed by atoms with Gasteiger partial charge in [0.15, 0.2) is 0 Å². The van der Waals surface area contributed by atoms with Crippen LogP contribution >= 0.6 is 11.6 Å². The number of hydrogen-bond acceptors (Lipinski definition) is 1. The molecule has 1 aromatic carbocycles. The quantitative estimate of drug-likeness (QED) is 0.801. The van der Waals surface area contributed by atoms with E-state index in [0.717, 1.165) is 6.07 Å². The largest absolute Gasteiger partial charge is 0.391 e. The lowest BCUT2D eigenvalue weighted by Crippen LogP contribution is -2.49. The van der Waals surface area contributed by atoms with E-state index < -0.39 is 23.5 Å². The molecule has 2 atom stereocenters. The Kier molecular flexibility index (Phi) is 4.30. The maximum Gasteiger partial charge on any atom is 0.391 e. The number of nitrogens with two attached hydrogens (primary N) is 1. The molecular formula is C14H16ClF4N. The molecule has 2 unspecified atom stereocenters. The second-order valence-corrected chi connectivity index (χ2v) is 6.05. The first-order valence-corrected chi connectivity index (χ1v) is 6.87. The number of benzene rings is 1. The van der Waals surface area contributed by atoms with Crippen LogP contribution < -0.4 is 5.73 Å². The lowest BCUT2D eigenvalue weighted by Gasteiger charge is -2.39. The molecule has 0 bridgehead atoms. The molecule has 1 saturated carbocycles. The number of halogens is 5. The van der Waals surface area contributed by atoms with E-state index in [-0.39, 0.29) is 24.3 Å². The van der Waals surface area contributed by atoms with Crippen LogP contribution in [-0.4, -0.2) is 11.7 Å². The normalized spacial score (nSPS) is 27.6. The standard InChI is InChI=1S/C14H16ClF4N/c15-11-4-3-9(12(16)6-11)7-13(20)5-1-2-10(8-13)14(17,18)19/h3-4,6,10H,1-2,5,7-8,20H2. The van der Waals surface area contributed by atoms with E-state index >= 15 is 0 Å². The predicted molar refractivity (Wildman–Crippen MR) is 70.0 cm³/mol. The zero-order valence-corrected chi connectivity index (χ0v) is 11.6. The van der Waals surface area contributed by atoms with Gasteiger partial charge in [-0.1, -0.05) is 24.1 Å². The van der Waals surface area contributed by atoms with Gasteiger partial charge < -0.3 is 5.73 Å². The average molecular weight is 310 g/mol. The van der Waals surface area contributed by atoms with Crippen LogP contribution in [0.25, 0.3) is 0 Å². The van der Waals surface area contributed by atoms with E-state index in [4.69, 9.17) is 17.3 Å². The Morgan fingerprint density at radius 3 is 2.65 bits per heavy atom. The summed E-state index contributed by atoms with van der Waals surface area (Å²) in [6, 6.07) is 4.17. The monoisotopic (exact) mass is 309 g/mol. The van der Waals surface area contributed by atoms with Crippen molar-refractivity contribution in [3.05, 3.63) is 34.6 Å². The second-order valence-electron chi connectivity index (χ2n) is 5.61. The van der Waals surface area contributed by atoms with Gasteiger partial charge in [0.05, 0.1) is 5.92 Å². The van der Waals surface area contributed by atoms with Crippen molar-refractivity contribution in [1.82, 2.24) is 0 Å². The minimum atomic E-state index is -4.23. The molecule has 0 amide bonds. The summed E-state index contributed by atoms with van der Waals surface area (Å²) in [5, 5.41) is 0.258. The van der Waals surface area contributed by atoms with Crippen molar-refractivity contribution in [2.24, 2.45) is 11.7 Å². The van der Waals surface area contributed by atoms with Gasteiger partial charge in [-0.25, -0.2) is 4.39 Å². The molecule has 0 aliphatic heterocycles. The maximum atomic E-state index is 13.7. The van der Waals surface area contributed by atoms with Crippen molar-refractivity contribution >= 4 is 11.6 Å². The number of alkyl halides is 3. The van der Waals surface area contributed by atoms with Gasteiger partial charge in [-0.15, -0.1) is 0 Å². The molecule has 0 spiro atoms. The van der Waals surface area contributed by atoms with E-state index in [1.807, 2.05) is 0 Å². The second kappa shape index (κ2) is 5.53. The lowest BCUT2D eigenvalue weighted by molar-refractivity contribution is -0.187. The van der Waals surface area contributed by atoms with E-state index in [1.165, 1.54) is 12.1 Å². The zero-order chi connectivity index (χ0) is 15.0. The van der Waals surface area contributed by atoms with E-state index in [9.17, 15) is 17.6 Å². The summed E-state index contributed by atoms with van der Waals surface area (Å²) in [6.07, 6.45) is -3.30. The third-order valence-corrected chi connectivity index (χ3v) is 4.14. The highest BCUT2D eigenvalue weighted by Crippen LogP contribution is 2.42. The summed E-state index contributed by atoms with van der Waals surface area (Å²) in [7, 11) is 0. The molecule has 2 N–H and O–H groups in total. The van der Waals surface area contributed by atoms with Crippen LogP contribution in [0.4, 0.5) is 17.6 Å². The van der Waals surface area contributed by atoms with Gasteiger partial charge in [0, 0.05) is 10.6 Å². The minimum Gasteiger partial charge on any atom is -0.325 e. The number of hydrogen-bond donors (Lipinski definition) is 1. The van der Waals surface area contributed by atoms with E-state index in [2.05, 4.69) is 0 Å². The molecular weight excluding hydrogens is 294 g/mol. The SMILES string of the molecule is NC1(Cc2ccc(Cl)cc2F)CCCC(C(F)(F)F)C1. The topological polar surface area (TPSA) is 26.0 Å². The van der Waals surface area contributed by atoms with Crippen molar-refractivity contribution in [1.29, 1.82) is 0 Å². The fourth-order valence-corrected chi connectivity index (χ4v) is 3.04. The first kappa shape index (κ1) is 15.6. The summed E-state index contributed by atoms with van der Waals surface area (Å²) in [4.78, 5) is 0. The molecule has 0 radical (unpaired) electrons. The van der Waals surface area contributed by atoms with Crippen LogP contribution in [0.2, 0.25) is 5.02 Å². The summed E-state index contributed by atoms with van der Waals surface area (Å²) < 4.78 is 52.2. The summed E-state index contributed by atoms with van der Waals surface area (Å²) in [5.74, 6) is -1.91. The van der Waals surface area contributed by atoms with Crippen molar-refractivity contribution in [2.45, 2.75) is 43.8 Å². The molecule has 1 aromatic rings. The molecule has 2 rings (SSSR count). The fourth-order valence-electron chi connectivity index (χ4n) is 2.88. The van der Waals surface area contributed by atoms with Gasteiger partial charge in [-0.05, 0) is 43.4 Å².